The number of ether oxygens (including phenoxy) is 2. The minimum atomic E-state index is -0.0744. The molecule has 0 amide bonds. The van der Waals surface area contributed by atoms with Gasteiger partial charge in [-0.2, -0.15) is 0 Å². The van der Waals surface area contributed by atoms with Crippen LogP contribution in [0, 0.1) is 17.8 Å². The molecule has 3 nitrogen and oxygen atoms in total. The topological polar surface area (TPSA) is 35.5 Å². The Hall–Kier alpha value is -1.51. The molecule has 0 aliphatic heterocycles. The molecular formula is C20H30O3. The molecule has 1 aliphatic rings. The van der Waals surface area contributed by atoms with Crippen molar-refractivity contribution in [2.24, 2.45) is 17.8 Å². The van der Waals surface area contributed by atoms with E-state index in [0.717, 1.165) is 30.9 Å². The van der Waals surface area contributed by atoms with E-state index in [1.54, 1.807) is 19.2 Å². The summed E-state index contributed by atoms with van der Waals surface area (Å²) in [6.07, 6.45) is 8.54. The molecule has 3 atom stereocenters. The van der Waals surface area contributed by atoms with Crippen molar-refractivity contribution in [3.63, 3.8) is 0 Å². The average molecular weight is 318 g/mol. The number of hydrogen-bond donors (Lipinski definition) is 0. The van der Waals surface area contributed by atoms with E-state index in [-0.39, 0.29) is 11.9 Å². The van der Waals surface area contributed by atoms with Crippen LogP contribution >= 0.6 is 0 Å². The maximum atomic E-state index is 12.4. The van der Waals surface area contributed by atoms with E-state index in [1.807, 2.05) is 12.1 Å². The highest BCUT2D eigenvalue weighted by Gasteiger charge is 2.33. The average Bonchev–Trinajstić information content (AvgIpc) is 2.56. The van der Waals surface area contributed by atoms with Crippen LogP contribution < -0.4 is 9.47 Å². The van der Waals surface area contributed by atoms with Gasteiger partial charge in [-0.25, -0.2) is 0 Å². The normalized spacial score (nSPS) is 24.2. The molecule has 23 heavy (non-hydrogen) atoms. The predicted octanol–water partition coefficient (Wildman–Crippen LogP) is 5.23. The fourth-order valence-corrected chi connectivity index (χ4v) is 3.64. The van der Waals surface area contributed by atoms with Gasteiger partial charge in [-0.3, -0.25) is 4.79 Å². The largest absolute Gasteiger partial charge is 0.497 e. The minimum absolute atomic E-state index is 0.0412. The van der Waals surface area contributed by atoms with Crippen molar-refractivity contribution in [1.82, 2.24) is 0 Å². The second-order valence-electron chi connectivity index (χ2n) is 6.86. The van der Waals surface area contributed by atoms with Gasteiger partial charge in [-0.15, -0.1) is 0 Å². The predicted molar refractivity (Wildman–Crippen MR) is 92.8 cm³/mol. The second kappa shape index (κ2) is 8.95. The van der Waals surface area contributed by atoms with Crippen LogP contribution in [-0.4, -0.2) is 13.1 Å². The van der Waals surface area contributed by atoms with Gasteiger partial charge in [0.15, 0.2) is 0 Å². The SMILES string of the molecule is CCCCC[C@H]1CC[C@@H](C(=O)Oc2ccc(OC)cc2)[C@H](C)C1. The van der Waals surface area contributed by atoms with E-state index in [4.69, 9.17) is 9.47 Å². The zero-order chi connectivity index (χ0) is 16.7. The number of rotatable bonds is 7. The molecule has 1 aromatic carbocycles. The van der Waals surface area contributed by atoms with Crippen LogP contribution in [0.2, 0.25) is 0 Å². The van der Waals surface area contributed by atoms with E-state index in [1.165, 1.54) is 25.7 Å². The summed E-state index contributed by atoms with van der Waals surface area (Å²) in [6.45, 7) is 4.45. The van der Waals surface area contributed by atoms with Crippen LogP contribution in [0.5, 0.6) is 11.5 Å². The minimum Gasteiger partial charge on any atom is -0.497 e. The molecule has 1 aliphatic carbocycles. The van der Waals surface area contributed by atoms with E-state index >= 15 is 0 Å². The quantitative estimate of drug-likeness (QED) is 0.392. The molecule has 1 aromatic rings. The van der Waals surface area contributed by atoms with Gasteiger partial charge < -0.3 is 9.47 Å². The van der Waals surface area contributed by atoms with E-state index in [0.29, 0.717) is 11.7 Å². The highest BCUT2D eigenvalue weighted by atomic mass is 16.5. The monoisotopic (exact) mass is 318 g/mol. The smallest absolute Gasteiger partial charge is 0.314 e. The van der Waals surface area contributed by atoms with Crippen molar-refractivity contribution in [3.8, 4) is 11.5 Å². The lowest BCUT2D eigenvalue weighted by Gasteiger charge is -2.32. The summed E-state index contributed by atoms with van der Waals surface area (Å²) in [5.74, 6) is 2.55. The second-order valence-corrected chi connectivity index (χ2v) is 6.86. The standard InChI is InChI=1S/C20H30O3/c1-4-5-6-7-16-8-13-19(15(2)14-16)20(21)23-18-11-9-17(22-3)10-12-18/h9-12,15-16,19H,4-8,13-14H2,1-3H3/t15-,16+,19-/m1/s1. The van der Waals surface area contributed by atoms with Gasteiger partial charge in [0.1, 0.15) is 11.5 Å². The van der Waals surface area contributed by atoms with Gasteiger partial charge in [0.2, 0.25) is 0 Å². The number of benzene rings is 1. The summed E-state index contributed by atoms with van der Waals surface area (Å²) in [7, 11) is 1.63. The highest BCUT2D eigenvalue weighted by Crippen LogP contribution is 2.37. The molecule has 0 saturated heterocycles. The van der Waals surface area contributed by atoms with Crippen molar-refractivity contribution >= 4 is 5.97 Å². The number of carbonyl (C=O) groups is 1. The fourth-order valence-electron chi connectivity index (χ4n) is 3.64. The summed E-state index contributed by atoms with van der Waals surface area (Å²) < 4.78 is 10.7. The molecule has 3 heteroatoms. The number of esters is 1. The Morgan fingerprint density at radius 2 is 1.83 bits per heavy atom. The van der Waals surface area contributed by atoms with Crippen molar-refractivity contribution < 1.29 is 14.3 Å². The molecule has 0 aromatic heterocycles. The first kappa shape index (κ1) is 17.8. The number of unbranched alkanes of at least 4 members (excludes halogenated alkanes) is 2. The number of carbonyl (C=O) groups excluding carboxylic acids is 1. The molecule has 0 bridgehead atoms. The van der Waals surface area contributed by atoms with E-state index in [9.17, 15) is 4.79 Å². The maximum Gasteiger partial charge on any atom is 0.314 e. The summed E-state index contributed by atoms with van der Waals surface area (Å²) in [6, 6.07) is 7.21. The molecule has 0 radical (unpaired) electrons. The van der Waals surface area contributed by atoms with Crippen LogP contribution in [0.25, 0.3) is 0 Å². The Kier molecular flexibility index (Phi) is 6.94. The number of hydrogen-bond acceptors (Lipinski definition) is 3. The Morgan fingerprint density at radius 1 is 1.13 bits per heavy atom. The first-order valence-corrected chi connectivity index (χ1v) is 8.99. The third kappa shape index (κ3) is 5.26. The summed E-state index contributed by atoms with van der Waals surface area (Å²) in [5.41, 5.74) is 0. The third-order valence-electron chi connectivity index (χ3n) is 5.07. The Balaban J connectivity index is 1.83. The van der Waals surface area contributed by atoms with Crippen LogP contribution in [0.15, 0.2) is 24.3 Å². The molecule has 0 heterocycles. The van der Waals surface area contributed by atoms with Gasteiger partial charge in [0.25, 0.3) is 0 Å². The molecule has 0 unspecified atom stereocenters. The third-order valence-corrected chi connectivity index (χ3v) is 5.07. The summed E-state index contributed by atoms with van der Waals surface area (Å²) in [5, 5.41) is 0. The fraction of sp³-hybridized carbons (Fsp3) is 0.650. The lowest BCUT2D eigenvalue weighted by Crippen LogP contribution is -2.32. The van der Waals surface area contributed by atoms with Crippen LogP contribution in [0.3, 0.4) is 0 Å². The first-order valence-electron chi connectivity index (χ1n) is 8.99. The van der Waals surface area contributed by atoms with Crippen LogP contribution in [0.4, 0.5) is 0 Å². The molecule has 0 spiro atoms. The lowest BCUT2D eigenvalue weighted by atomic mass is 9.73. The lowest BCUT2D eigenvalue weighted by molar-refractivity contribution is -0.142. The first-order chi connectivity index (χ1) is 11.1. The Labute approximate surface area is 140 Å². The van der Waals surface area contributed by atoms with Crippen molar-refractivity contribution in [2.75, 3.05) is 7.11 Å². The number of methoxy groups -OCH3 is 1. The highest BCUT2D eigenvalue weighted by molar-refractivity contribution is 5.75. The zero-order valence-corrected chi connectivity index (χ0v) is 14.7. The zero-order valence-electron chi connectivity index (χ0n) is 14.7. The maximum absolute atomic E-state index is 12.4. The van der Waals surface area contributed by atoms with Gasteiger partial charge in [-0.05, 0) is 55.4 Å². The molecular weight excluding hydrogens is 288 g/mol. The molecule has 1 saturated carbocycles. The Morgan fingerprint density at radius 3 is 2.43 bits per heavy atom. The van der Waals surface area contributed by atoms with Crippen LogP contribution in [0.1, 0.15) is 58.8 Å². The van der Waals surface area contributed by atoms with Gasteiger partial charge in [0.05, 0.1) is 13.0 Å². The van der Waals surface area contributed by atoms with E-state index in [2.05, 4.69) is 13.8 Å². The molecule has 0 N–H and O–H groups in total. The summed E-state index contributed by atoms with van der Waals surface area (Å²) >= 11 is 0. The Bertz CT molecular complexity index is 480. The van der Waals surface area contributed by atoms with Crippen molar-refractivity contribution in [1.29, 1.82) is 0 Å². The van der Waals surface area contributed by atoms with Crippen LogP contribution in [-0.2, 0) is 4.79 Å². The van der Waals surface area contributed by atoms with Crippen molar-refractivity contribution in [2.45, 2.75) is 58.8 Å². The molecule has 128 valence electrons. The summed E-state index contributed by atoms with van der Waals surface area (Å²) in [4.78, 5) is 12.4. The van der Waals surface area contributed by atoms with Gasteiger partial charge in [0, 0.05) is 0 Å². The van der Waals surface area contributed by atoms with E-state index < -0.39 is 0 Å². The van der Waals surface area contributed by atoms with Gasteiger partial charge in [-0.1, -0.05) is 39.5 Å². The van der Waals surface area contributed by atoms with Gasteiger partial charge >= 0.3 is 5.97 Å². The van der Waals surface area contributed by atoms with Crippen molar-refractivity contribution in [3.05, 3.63) is 24.3 Å². The molecule has 2 rings (SSSR count). The molecule has 1 fully saturated rings.